The van der Waals surface area contributed by atoms with Crippen LogP contribution in [-0.2, 0) is 4.79 Å². The van der Waals surface area contributed by atoms with Crippen molar-refractivity contribution in [2.45, 2.75) is 6.92 Å². The number of carbonyl (C=O) groups is 1. The van der Waals surface area contributed by atoms with E-state index in [9.17, 15) is 4.79 Å². The van der Waals surface area contributed by atoms with Crippen LogP contribution in [0.1, 0.15) is 12.5 Å². The van der Waals surface area contributed by atoms with Crippen LogP contribution in [0.5, 0.6) is 0 Å². The van der Waals surface area contributed by atoms with Crippen LogP contribution >= 0.6 is 0 Å². The van der Waals surface area contributed by atoms with Crippen LogP contribution in [0.3, 0.4) is 0 Å². The first kappa shape index (κ1) is 13.9. The molecule has 112 valence electrons. The van der Waals surface area contributed by atoms with Gasteiger partial charge in [0, 0.05) is 44.1 Å². The van der Waals surface area contributed by atoms with Crippen LogP contribution in [0, 0.1) is 0 Å². The third-order valence-electron chi connectivity index (χ3n) is 4.30. The molecule has 3 rings (SSSR count). The minimum absolute atomic E-state index is 0.384. The van der Waals surface area contributed by atoms with Gasteiger partial charge in [-0.1, -0.05) is 13.0 Å². The Morgan fingerprint density at radius 2 is 2.05 bits per heavy atom. The van der Waals surface area contributed by atoms with Gasteiger partial charge < -0.3 is 20.2 Å². The molecule has 2 N–H and O–H groups in total. The number of hydrogen-bond donors (Lipinski definition) is 2. The number of nitrogens with zero attached hydrogens (tertiary/aromatic N) is 2. The summed E-state index contributed by atoms with van der Waals surface area (Å²) in [7, 11) is 0. The minimum atomic E-state index is -0.854. The lowest BCUT2D eigenvalue weighted by atomic mass is 10.0. The summed E-state index contributed by atoms with van der Waals surface area (Å²) in [5.41, 5.74) is 3.60. The molecule has 1 aromatic rings. The molecule has 0 spiro atoms. The van der Waals surface area contributed by atoms with E-state index in [1.54, 1.807) is 6.08 Å². The average molecular weight is 287 g/mol. The van der Waals surface area contributed by atoms with Crippen LogP contribution < -0.4 is 10.2 Å². The largest absolute Gasteiger partial charge is 0.478 e. The van der Waals surface area contributed by atoms with Crippen molar-refractivity contribution in [3.05, 3.63) is 29.3 Å². The molecular formula is C16H21N3O2. The normalized spacial score (nSPS) is 18.7. The van der Waals surface area contributed by atoms with Crippen molar-refractivity contribution in [2.75, 3.05) is 49.5 Å². The van der Waals surface area contributed by atoms with Gasteiger partial charge in [-0.25, -0.2) is 4.79 Å². The Hall–Kier alpha value is -2.01. The Labute approximate surface area is 124 Å². The lowest BCUT2D eigenvalue weighted by Gasteiger charge is -2.36. The molecule has 1 aromatic carbocycles. The molecule has 2 heterocycles. The van der Waals surface area contributed by atoms with E-state index in [-0.39, 0.29) is 0 Å². The van der Waals surface area contributed by atoms with Crippen molar-refractivity contribution in [3.8, 4) is 0 Å². The summed E-state index contributed by atoms with van der Waals surface area (Å²) in [6.45, 7) is 7.99. The highest BCUT2D eigenvalue weighted by Gasteiger charge is 2.19. The standard InChI is InChI=1S/C16H21N3O2/c1-2-18-5-7-19(8-6-18)14-4-3-12-9-13(16(20)21)11-17-15(12)10-14/h3-4,9-10,17H,2,5-8,11H2,1H3,(H,20,21). The topological polar surface area (TPSA) is 55.8 Å². The lowest BCUT2D eigenvalue weighted by molar-refractivity contribution is -0.132. The molecule has 5 heteroatoms. The highest BCUT2D eigenvalue weighted by molar-refractivity contribution is 5.96. The smallest absolute Gasteiger partial charge is 0.333 e. The zero-order valence-corrected chi connectivity index (χ0v) is 12.3. The number of carboxylic acid groups (broad SMARTS) is 1. The predicted octanol–water partition coefficient (Wildman–Crippen LogP) is 1.72. The molecule has 0 saturated carbocycles. The van der Waals surface area contributed by atoms with Crippen LogP contribution in [0.15, 0.2) is 23.8 Å². The number of benzene rings is 1. The van der Waals surface area contributed by atoms with Gasteiger partial charge in [0.05, 0.1) is 5.57 Å². The van der Waals surface area contributed by atoms with E-state index in [2.05, 4.69) is 34.2 Å². The fourth-order valence-corrected chi connectivity index (χ4v) is 2.91. The number of likely N-dealkylation sites (N-methyl/N-ethyl adjacent to an activating group) is 1. The second-order valence-electron chi connectivity index (χ2n) is 5.52. The van der Waals surface area contributed by atoms with Crippen molar-refractivity contribution >= 4 is 23.4 Å². The molecule has 2 aliphatic rings. The molecule has 1 saturated heterocycles. The molecule has 0 bridgehead atoms. The maximum atomic E-state index is 11.0. The molecule has 1 fully saturated rings. The molecule has 0 unspecified atom stereocenters. The van der Waals surface area contributed by atoms with Crippen molar-refractivity contribution in [3.63, 3.8) is 0 Å². The maximum Gasteiger partial charge on any atom is 0.333 e. The molecule has 0 atom stereocenters. The Balaban J connectivity index is 1.77. The van der Waals surface area contributed by atoms with E-state index in [0.29, 0.717) is 12.1 Å². The van der Waals surface area contributed by atoms with Gasteiger partial charge in [-0.3, -0.25) is 0 Å². The zero-order chi connectivity index (χ0) is 14.8. The third-order valence-corrected chi connectivity index (χ3v) is 4.30. The number of rotatable bonds is 3. The molecule has 0 aliphatic carbocycles. The number of carboxylic acids is 1. The Morgan fingerprint density at radius 3 is 2.71 bits per heavy atom. The van der Waals surface area contributed by atoms with Crippen LogP contribution in [0.25, 0.3) is 6.08 Å². The molecule has 0 aromatic heterocycles. The maximum absolute atomic E-state index is 11.0. The number of aliphatic carboxylic acids is 1. The summed E-state index contributed by atoms with van der Waals surface area (Å²) in [5.74, 6) is -0.854. The average Bonchev–Trinajstić information content (AvgIpc) is 2.54. The Bertz CT molecular complexity index is 575. The van der Waals surface area contributed by atoms with Crippen molar-refractivity contribution in [1.29, 1.82) is 0 Å². The van der Waals surface area contributed by atoms with Gasteiger partial charge in [0.15, 0.2) is 0 Å². The first-order valence-electron chi connectivity index (χ1n) is 7.46. The molecule has 21 heavy (non-hydrogen) atoms. The third kappa shape index (κ3) is 2.88. The van der Waals surface area contributed by atoms with Gasteiger partial charge in [-0.05, 0) is 30.3 Å². The zero-order valence-electron chi connectivity index (χ0n) is 12.3. The van der Waals surface area contributed by atoms with Crippen LogP contribution in [0.2, 0.25) is 0 Å². The van der Waals surface area contributed by atoms with Gasteiger partial charge in [0.2, 0.25) is 0 Å². The summed E-state index contributed by atoms with van der Waals surface area (Å²) in [6, 6.07) is 6.22. The summed E-state index contributed by atoms with van der Waals surface area (Å²) in [6.07, 6.45) is 1.76. The Morgan fingerprint density at radius 1 is 1.29 bits per heavy atom. The highest BCUT2D eigenvalue weighted by atomic mass is 16.4. The van der Waals surface area contributed by atoms with Gasteiger partial charge in [0.25, 0.3) is 0 Å². The monoisotopic (exact) mass is 287 g/mol. The van der Waals surface area contributed by atoms with E-state index in [0.717, 1.165) is 44.0 Å². The number of hydrogen-bond acceptors (Lipinski definition) is 4. The first-order chi connectivity index (χ1) is 10.2. The van der Waals surface area contributed by atoms with Gasteiger partial charge in [-0.15, -0.1) is 0 Å². The number of anilines is 2. The first-order valence-corrected chi connectivity index (χ1v) is 7.46. The van der Waals surface area contributed by atoms with E-state index < -0.39 is 5.97 Å². The van der Waals surface area contributed by atoms with Gasteiger partial charge in [-0.2, -0.15) is 0 Å². The number of piperazine rings is 1. The fraction of sp³-hybridized carbons (Fsp3) is 0.438. The molecule has 2 aliphatic heterocycles. The predicted molar refractivity (Wildman–Crippen MR) is 84.9 cm³/mol. The van der Waals surface area contributed by atoms with Crippen LogP contribution in [-0.4, -0.2) is 55.2 Å². The number of nitrogens with one attached hydrogen (secondary N) is 1. The quantitative estimate of drug-likeness (QED) is 0.886. The van der Waals surface area contributed by atoms with E-state index >= 15 is 0 Å². The van der Waals surface area contributed by atoms with Crippen molar-refractivity contribution in [1.82, 2.24) is 4.90 Å². The van der Waals surface area contributed by atoms with Crippen molar-refractivity contribution < 1.29 is 9.90 Å². The number of fused-ring (bicyclic) bond motifs is 1. The molecule has 5 nitrogen and oxygen atoms in total. The molecule has 0 radical (unpaired) electrons. The highest BCUT2D eigenvalue weighted by Crippen LogP contribution is 2.29. The fourth-order valence-electron chi connectivity index (χ4n) is 2.91. The Kier molecular flexibility index (Phi) is 3.84. The summed E-state index contributed by atoms with van der Waals surface area (Å²) >= 11 is 0. The van der Waals surface area contributed by atoms with Gasteiger partial charge >= 0.3 is 5.97 Å². The summed E-state index contributed by atoms with van der Waals surface area (Å²) in [4.78, 5) is 15.9. The second-order valence-corrected chi connectivity index (χ2v) is 5.52. The van der Waals surface area contributed by atoms with Crippen molar-refractivity contribution in [2.24, 2.45) is 0 Å². The second kappa shape index (κ2) is 5.77. The minimum Gasteiger partial charge on any atom is -0.478 e. The summed E-state index contributed by atoms with van der Waals surface area (Å²) in [5, 5.41) is 12.3. The summed E-state index contributed by atoms with van der Waals surface area (Å²) < 4.78 is 0. The van der Waals surface area contributed by atoms with Crippen LogP contribution in [0.4, 0.5) is 11.4 Å². The molecule has 0 amide bonds. The van der Waals surface area contributed by atoms with Gasteiger partial charge in [0.1, 0.15) is 0 Å². The SMILES string of the molecule is CCN1CCN(c2ccc3c(c2)NCC(C(=O)O)=C3)CC1. The molecular weight excluding hydrogens is 266 g/mol. The van der Waals surface area contributed by atoms with E-state index in [1.807, 2.05) is 6.07 Å². The van der Waals surface area contributed by atoms with E-state index in [1.165, 1.54) is 5.69 Å². The van der Waals surface area contributed by atoms with E-state index in [4.69, 9.17) is 5.11 Å². The lowest BCUT2D eigenvalue weighted by Crippen LogP contribution is -2.46.